The van der Waals surface area contributed by atoms with Crippen LogP contribution in [-0.2, 0) is 13.1 Å². The zero-order valence-corrected chi connectivity index (χ0v) is 16.4. The van der Waals surface area contributed by atoms with Crippen LogP contribution in [0.15, 0.2) is 53.5 Å². The zero-order chi connectivity index (χ0) is 18.8. The van der Waals surface area contributed by atoms with Crippen LogP contribution in [0.25, 0.3) is 0 Å². The Bertz CT molecular complexity index is 718. The second-order valence-electron chi connectivity index (χ2n) is 6.17. The molecule has 0 aromatic heterocycles. The van der Waals surface area contributed by atoms with Crippen molar-refractivity contribution in [3.05, 3.63) is 64.7 Å². The van der Waals surface area contributed by atoms with E-state index in [-0.39, 0.29) is 0 Å². The van der Waals surface area contributed by atoms with Gasteiger partial charge in [0.25, 0.3) is 0 Å². The van der Waals surface area contributed by atoms with Gasteiger partial charge in [0, 0.05) is 31.7 Å². The fourth-order valence-electron chi connectivity index (χ4n) is 2.32. The van der Waals surface area contributed by atoms with Crippen molar-refractivity contribution in [2.24, 2.45) is 4.99 Å². The van der Waals surface area contributed by atoms with Crippen molar-refractivity contribution in [3.63, 3.8) is 0 Å². The highest BCUT2D eigenvalue weighted by atomic mass is 35.5. The Kier molecular flexibility index (Phi) is 8.25. The molecular weight excluding hydrogens is 348 g/mol. The van der Waals surface area contributed by atoms with E-state index in [9.17, 15) is 0 Å². The van der Waals surface area contributed by atoms with Crippen molar-refractivity contribution in [1.29, 1.82) is 0 Å². The van der Waals surface area contributed by atoms with Crippen LogP contribution in [0.1, 0.15) is 11.1 Å². The fraction of sp³-hybridized carbons (Fsp3) is 0.350. The van der Waals surface area contributed by atoms with Gasteiger partial charge in [-0.3, -0.25) is 4.99 Å². The standard InChI is InChI=1S/C20H27ClN4O/c1-22-20(24-15-17-8-4-5-10-19(17)21)23-14-16-7-6-9-18(13-16)26-12-11-25(2)3/h4-10,13H,11-12,14-15H2,1-3H3,(H2,22,23,24). The van der Waals surface area contributed by atoms with Gasteiger partial charge >= 0.3 is 0 Å². The molecule has 0 saturated heterocycles. The van der Waals surface area contributed by atoms with E-state index in [0.717, 1.165) is 34.4 Å². The molecule has 0 spiro atoms. The Morgan fingerprint density at radius 3 is 2.58 bits per heavy atom. The lowest BCUT2D eigenvalue weighted by Crippen LogP contribution is -2.36. The van der Waals surface area contributed by atoms with E-state index in [4.69, 9.17) is 16.3 Å². The van der Waals surface area contributed by atoms with Gasteiger partial charge in [0.2, 0.25) is 0 Å². The summed E-state index contributed by atoms with van der Waals surface area (Å²) in [7, 11) is 5.82. The summed E-state index contributed by atoms with van der Waals surface area (Å²) in [6, 6.07) is 15.9. The van der Waals surface area contributed by atoms with Crippen LogP contribution in [0.3, 0.4) is 0 Å². The number of nitrogens with zero attached hydrogens (tertiary/aromatic N) is 2. The van der Waals surface area contributed by atoms with Crippen LogP contribution in [0.2, 0.25) is 5.02 Å². The number of benzene rings is 2. The summed E-state index contributed by atoms with van der Waals surface area (Å²) < 4.78 is 5.78. The smallest absolute Gasteiger partial charge is 0.191 e. The third-order valence-corrected chi connectivity index (χ3v) is 4.16. The molecule has 0 bridgehead atoms. The molecule has 0 fully saturated rings. The molecule has 2 rings (SSSR count). The first-order chi connectivity index (χ1) is 12.6. The van der Waals surface area contributed by atoms with Gasteiger partial charge in [0.1, 0.15) is 12.4 Å². The highest BCUT2D eigenvalue weighted by Gasteiger charge is 2.03. The molecule has 140 valence electrons. The average molecular weight is 375 g/mol. The summed E-state index contributed by atoms with van der Waals surface area (Å²) >= 11 is 6.19. The number of ether oxygens (including phenoxy) is 1. The maximum Gasteiger partial charge on any atom is 0.191 e. The maximum absolute atomic E-state index is 6.19. The Morgan fingerprint density at radius 1 is 1.08 bits per heavy atom. The number of hydrogen-bond acceptors (Lipinski definition) is 3. The molecule has 0 aliphatic rings. The van der Waals surface area contributed by atoms with Gasteiger partial charge in [0.15, 0.2) is 5.96 Å². The molecule has 0 aliphatic heterocycles. The SMILES string of the molecule is CN=C(NCc1cccc(OCCN(C)C)c1)NCc1ccccc1Cl. The van der Waals surface area contributed by atoms with Crippen LogP contribution in [0.5, 0.6) is 5.75 Å². The summed E-state index contributed by atoms with van der Waals surface area (Å²) in [5.41, 5.74) is 2.17. The molecule has 0 amide bonds. The summed E-state index contributed by atoms with van der Waals surface area (Å²) in [6.07, 6.45) is 0. The Hall–Kier alpha value is -2.24. The van der Waals surface area contributed by atoms with Gasteiger partial charge in [-0.2, -0.15) is 0 Å². The topological polar surface area (TPSA) is 48.9 Å². The largest absolute Gasteiger partial charge is 0.492 e. The molecule has 0 saturated carbocycles. The summed E-state index contributed by atoms with van der Waals surface area (Å²) in [4.78, 5) is 6.35. The maximum atomic E-state index is 6.19. The van der Waals surface area contributed by atoms with Gasteiger partial charge in [-0.1, -0.05) is 41.9 Å². The van der Waals surface area contributed by atoms with Crippen molar-refractivity contribution in [1.82, 2.24) is 15.5 Å². The van der Waals surface area contributed by atoms with E-state index in [1.165, 1.54) is 0 Å². The van der Waals surface area contributed by atoms with Gasteiger partial charge in [-0.05, 0) is 43.4 Å². The van der Waals surface area contributed by atoms with Gasteiger partial charge in [-0.15, -0.1) is 0 Å². The van der Waals surface area contributed by atoms with Crippen molar-refractivity contribution in [2.75, 3.05) is 34.3 Å². The number of hydrogen-bond donors (Lipinski definition) is 2. The summed E-state index contributed by atoms with van der Waals surface area (Å²) in [5, 5.41) is 7.33. The highest BCUT2D eigenvalue weighted by molar-refractivity contribution is 6.31. The first kappa shape index (κ1) is 20.1. The Balaban J connectivity index is 1.83. The van der Waals surface area contributed by atoms with E-state index < -0.39 is 0 Å². The molecule has 2 N–H and O–H groups in total. The van der Waals surface area contributed by atoms with Gasteiger partial charge in [0.05, 0.1) is 0 Å². The second kappa shape index (κ2) is 10.7. The summed E-state index contributed by atoms with van der Waals surface area (Å²) in [5.74, 6) is 1.61. The van der Waals surface area contributed by atoms with E-state index in [1.807, 2.05) is 56.6 Å². The lowest BCUT2D eigenvalue weighted by atomic mass is 10.2. The minimum Gasteiger partial charge on any atom is -0.492 e. The fourth-order valence-corrected chi connectivity index (χ4v) is 2.52. The lowest BCUT2D eigenvalue weighted by Gasteiger charge is -2.14. The predicted octanol–water partition coefficient (Wildman–Crippen LogP) is 3.15. The third-order valence-electron chi connectivity index (χ3n) is 3.79. The monoisotopic (exact) mass is 374 g/mol. The Labute approximate surface area is 161 Å². The molecule has 6 heteroatoms. The van der Waals surface area contributed by atoms with Crippen LogP contribution < -0.4 is 15.4 Å². The van der Waals surface area contributed by atoms with E-state index in [1.54, 1.807) is 7.05 Å². The molecule has 0 heterocycles. The Morgan fingerprint density at radius 2 is 1.85 bits per heavy atom. The lowest BCUT2D eigenvalue weighted by molar-refractivity contribution is 0.261. The molecule has 26 heavy (non-hydrogen) atoms. The predicted molar refractivity (Wildman–Crippen MR) is 109 cm³/mol. The molecule has 0 atom stereocenters. The number of nitrogens with one attached hydrogen (secondary N) is 2. The number of rotatable bonds is 8. The van der Waals surface area contributed by atoms with Gasteiger partial charge < -0.3 is 20.3 Å². The minimum atomic E-state index is 0.618. The normalized spacial score (nSPS) is 11.5. The van der Waals surface area contributed by atoms with Gasteiger partial charge in [-0.25, -0.2) is 0 Å². The number of guanidine groups is 1. The van der Waals surface area contributed by atoms with Crippen LogP contribution in [0, 0.1) is 0 Å². The average Bonchev–Trinajstić information content (AvgIpc) is 2.63. The molecule has 0 radical (unpaired) electrons. The summed E-state index contributed by atoms with van der Waals surface area (Å²) in [6.45, 7) is 2.84. The van der Waals surface area contributed by atoms with Crippen LogP contribution >= 0.6 is 11.6 Å². The molecule has 0 unspecified atom stereocenters. The number of halogens is 1. The number of aliphatic imine (C=N–C) groups is 1. The van der Waals surface area contributed by atoms with Crippen LogP contribution in [-0.4, -0.2) is 45.2 Å². The molecule has 2 aromatic rings. The molecule has 0 aliphatic carbocycles. The second-order valence-corrected chi connectivity index (χ2v) is 6.58. The van der Waals surface area contributed by atoms with E-state index in [2.05, 4.69) is 26.6 Å². The molecule has 5 nitrogen and oxygen atoms in total. The molecular formula is C20H27ClN4O. The van der Waals surface area contributed by atoms with Crippen molar-refractivity contribution < 1.29 is 4.74 Å². The van der Waals surface area contributed by atoms with Crippen molar-refractivity contribution >= 4 is 17.6 Å². The minimum absolute atomic E-state index is 0.618. The third kappa shape index (κ3) is 6.94. The van der Waals surface area contributed by atoms with Crippen molar-refractivity contribution in [2.45, 2.75) is 13.1 Å². The number of likely N-dealkylation sites (N-methyl/N-ethyl adjacent to an activating group) is 1. The first-order valence-electron chi connectivity index (χ1n) is 8.63. The first-order valence-corrected chi connectivity index (χ1v) is 9.00. The highest BCUT2D eigenvalue weighted by Crippen LogP contribution is 2.15. The van der Waals surface area contributed by atoms with Crippen molar-refractivity contribution in [3.8, 4) is 5.75 Å². The van der Waals surface area contributed by atoms with E-state index >= 15 is 0 Å². The van der Waals surface area contributed by atoms with E-state index in [0.29, 0.717) is 19.7 Å². The molecule has 2 aromatic carbocycles. The van der Waals surface area contributed by atoms with Crippen LogP contribution in [0.4, 0.5) is 0 Å². The quantitative estimate of drug-likeness (QED) is 0.550. The zero-order valence-electron chi connectivity index (χ0n) is 15.6.